The van der Waals surface area contributed by atoms with Crippen LogP contribution in [-0.4, -0.2) is 24.3 Å². The van der Waals surface area contributed by atoms with Crippen molar-refractivity contribution >= 4 is 0 Å². The highest BCUT2D eigenvalue weighted by Crippen LogP contribution is 2.04. The summed E-state index contributed by atoms with van der Waals surface area (Å²) in [7, 11) is 0. The molecule has 0 fully saturated rings. The van der Waals surface area contributed by atoms with Gasteiger partial charge in [0.05, 0.1) is 0 Å². The van der Waals surface area contributed by atoms with E-state index in [-0.39, 0.29) is 0 Å². The number of nitrogens with one attached hydrogen (secondary N) is 1. The van der Waals surface area contributed by atoms with Gasteiger partial charge in [-0.2, -0.15) is 0 Å². The molecule has 0 aliphatic carbocycles. The van der Waals surface area contributed by atoms with Crippen molar-refractivity contribution in [2.45, 2.75) is 39.2 Å². The monoisotopic (exact) mass is 221 g/mol. The minimum absolute atomic E-state index is 0.296. The molecule has 0 radical (unpaired) electrons. The zero-order valence-corrected chi connectivity index (χ0v) is 10.4. The molecule has 2 nitrogen and oxygen atoms in total. The predicted octanol–water partition coefficient (Wildman–Crippen LogP) is 2.29. The summed E-state index contributed by atoms with van der Waals surface area (Å²) in [5.74, 6) is 0. The number of hydrogen-bond acceptors (Lipinski definition) is 2. The van der Waals surface area contributed by atoms with Crippen LogP contribution in [0.1, 0.15) is 30.9 Å². The van der Waals surface area contributed by atoms with Crippen molar-refractivity contribution in [1.29, 1.82) is 0 Å². The number of aliphatic hydroxyl groups is 1. The van der Waals surface area contributed by atoms with E-state index in [2.05, 4.69) is 43.4 Å². The Balaban J connectivity index is 2.20. The molecule has 0 heterocycles. The molecule has 2 N–H and O–H groups in total. The van der Waals surface area contributed by atoms with Crippen LogP contribution in [0.3, 0.4) is 0 Å². The van der Waals surface area contributed by atoms with Gasteiger partial charge in [0.25, 0.3) is 0 Å². The molecule has 0 bridgehead atoms. The highest BCUT2D eigenvalue weighted by Gasteiger charge is 2.00. The minimum Gasteiger partial charge on any atom is -0.396 e. The number of aliphatic hydroxyl groups excluding tert-OH is 1. The van der Waals surface area contributed by atoms with Gasteiger partial charge in [0.15, 0.2) is 0 Å². The molecule has 1 aromatic carbocycles. The van der Waals surface area contributed by atoms with Gasteiger partial charge in [-0.3, -0.25) is 0 Å². The third-order valence-corrected chi connectivity index (χ3v) is 2.78. The maximum Gasteiger partial charge on any atom is 0.0431 e. The van der Waals surface area contributed by atoms with E-state index in [1.165, 1.54) is 11.1 Å². The summed E-state index contributed by atoms with van der Waals surface area (Å²) >= 11 is 0. The van der Waals surface area contributed by atoms with Crippen LogP contribution in [0.15, 0.2) is 24.3 Å². The highest BCUT2D eigenvalue weighted by atomic mass is 16.2. The third-order valence-electron chi connectivity index (χ3n) is 2.78. The van der Waals surface area contributed by atoms with Crippen molar-refractivity contribution in [3.05, 3.63) is 35.4 Å². The molecule has 0 saturated carbocycles. The maximum absolute atomic E-state index is 8.72. The van der Waals surface area contributed by atoms with E-state index in [0.717, 1.165) is 25.8 Å². The fourth-order valence-electron chi connectivity index (χ4n) is 1.83. The van der Waals surface area contributed by atoms with Crippen LogP contribution in [0.25, 0.3) is 0 Å². The lowest BCUT2D eigenvalue weighted by atomic mass is 10.1. The average molecular weight is 221 g/mol. The van der Waals surface area contributed by atoms with Gasteiger partial charge < -0.3 is 10.4 Å². The molecule has 90 valence electrons. The van der Waals surface area contributed by atoms with Gasteiger partial charge in [0, 0.05) is 12.6 Å². The van der Waals surface area contributed by atoms with E-state index in [4.69, 9.17) is 5.11 Å². The summed E-state index contributed by atoms with van der Waals surface area (Å²) in [6, 6.07) is 9.14. The fraction of sp³-hybridized carbons (Fsp3) is 0.571. The van der Waals surface area contributed by atoms with Crippen molar-refractivity contribution in [1.82, 2.24) is 5.32 Å². The number of hydrogen-bond donors (Lipinski definition) is 2. The third kappa shape index (κ3) is 5.29. The number of benzene rings is 1. The molecule has 1 aromatic rings. The molecule has 0 saturated heterocycles. The summed E-state index contributed by atoms with van der Waals surface area (Å²) in [6.07, 6.45) is 3.01. The molecule has 0 aliphatic rings. The van der Waals surface area contributed by atoms with Crippen molar-refractivity contribution in [3.8, 4) is 0 Å². The molecule has 0 aromatic heterocycles. The Morgan fingerprint density at radius 3 is 2.88 bits per heavy atom. The lowest BCUT2D eigenvalue weighted by Crippen LogP contribution is -2.28. The van der Waals surface area contributed by atoms with Gasteiger partial charge in [-0.05, 0) is 45.2 Å². The van der Waals surface area contributed by atoms with Crippen LogP contribution >= 0.6 is 0 Å². The number of aryl methyl sites for hydroxylation is 1. The Kier molecular flexibility index (Phi) is 6.12. The smallest absolute Gasteiger partial charge is 0.0431 e. The molecule has 1 atom stereocenters. The normalized spacial score (nSPS) is 12.7. The van der Waals surface area contributed by atoms with E-state index in [9.17, 15) is 0 Å². The van der Waals surface area contributed by atoms with Crippen LogP contribution in [0.2, 0.25) is 0 Å². The maximum atomic E-state index is 8.72. The first-order valence-corrected chi connectivity index (χ1v) is 6.12. The lowest BCUT2D eigenvalue weighted by Gasteiger charge is -2.13. The Morgan fingerprint density at radius 1 is 1.38 bits per heavy atom. The first-order chi connectivity index (χ1) is 7.72. The van der Waals surface area contributed by atoms with Crippen molar-refractivity contribution in [3.63, 3.8) is 0 Å². The second-order valence-corrected chi connectivity index (χ2v) is 4.46. The first kappa shape index (κ1) is 13.2. The molecule has 2 heteroatoms. The van der Waals surface area contributed by atoms with Crippen molar-refractivity contribution < 1.29 is 5.11 Å². The summed E-state index contributed by atoms with van der Waals surface area (Å²) in [6.45, 7) is 5.60. The van der Waals surface area contributed by atoms with E-state index >= 15 is 0 Å². The SMILES string of the molecule is Cc1cccc(CCNC(C)CCCO)c1. The zero-order chi connectivity index (χ0) is 11.8. The van der Waals surface area contributed by atoms with Crippen LogP contribution in [-0.2, 0) is 6.42 Å². The molecule has 0 aliphatic heterocycles. The topological polar surface area (TPSA) is 32.3 Å². The molecule has 1 unspecified atom stereocenters. The van der Waals surface area contributed by atoms with Gasteiger partial charge in [-0.25, -0.2) is 0 Å². The second kappa shape index (κ2) is 7.42. The van der Waals surface area contributed by atoms with Gasteiger partial charge in [-0.1, -0.05) is 29.8 Å². The Labute approximate surface area is 98.7 Å². The van der Waals surface area contributed by atoms with Gasteiger partial charge in [-0.15, -0.1) is 0 Å². The molecule has 16 heavy (non-hydrogen) atoms. The van der Waals surface area contributed by atoms with Gasteiger partial charge >= 0.3 is 0 Å². The van der Waals surface area contributed by atoms with E-state index in [0.29, 0.717) is 12.6 Å². The molecular formula is C14H23NO. The van der Waals surface area contributed by atoms with Crippen LogP contribution in [0.5, 0.6) is 0 Å². The largest absolute Gasteiger partial charge is 0.396 e. The molecule has 0 amide bonds. The fourth-order valence-corrected chi connectivity index (χ4v) is 1.83. The van der Waals surface area contributed by atoms with Crippen LogP contribution < -0.4 is 5.32 Å². The van der Waals surface area contributed by atoms with Crippen LogP contribution in [0.4, 0.5) is 0 Å². The molecule has 1 rings (SSSR count). The minimum atomic E-state index is 0.296. The standard InChI is InChI=1S/C14H23NO/c1-12-5-3-7-14(11-12)8-9-15-13(2)6-4-10-16/h3,5,7,11,13,15-16H,4,6,8-10H2,1-2H3. The van der Waals surface area contributed by atoms with Gasteiger partial charge in [0.1, 0.15) is 0 Å². The first-order valence-electron chi connectivity index (χ1n) is 6.12. The molecule has 0 spiro atoms. The summed E-state index contributed by atoms with van der Waals surface area (Å²) < 4.78 is 0. The quantitative estimate of drug-likeness (QED) is 0.740. The summed E-state index contributed by atoms with van der Waals surface area (Å²) in [5, 5.41) is 12.2. The van der Waals surface area contributed by atoms with E-state index in [1.54, 1.807) is 0 Å². The van der Waals surface area contributed by atoms with Gasteiger partial charge in [0.2, 0.25) is 0 Å². The predicted molar refractivity (Wildman–Crippen MR) is 68.7 cm³/mol. The van der Waals surface area contributed by atoms with E-state index in [1.807, 2.05) is 0 Å². The second-order valence-electron chi connectivity index (χ2n) is 4.46. The highest BCUT2D eigenvalue weighted by molar-refractivity contribution is 5.22. The Morgan fingerprint density at radius 2 is 2.19 bits per heavy atom. The Bertz CT molecular complexity index is 299. The van der Waals surface area contributed by atoms with Crippen LogP contribution in [0, 0.1) is 6.92 Å². The van der Waals surface area contributed by atoms with Crippen molar-refractivity contribution in [2.24, 2.45) is 0 Å². The summed E-state index contributed by atoms with van der Waals surface area (Å²) in [5.41, 5.74) is 2.72. The Hall–Kier alpha value is -0.860. The average Bonchev–Trinajstić information content (AvgIpc) is 2.26. The lowest BCUT2D eigenvalue weighted by molar-refractivity contribution is 0.276. The van der Waals surface area contributed by atoms with E-state index < -0.39 is 0 Å². The number of rotatable bonds is 7. The zero-order valence-electron chi connectivity index (χ0n) is 10.4. The summed E-state index contributed by atoms with van der Waals surface area (Å²) in [4.78, 5) is 0. The van der Waals surface area contributed by atoms with Crippen molar-refractivity contribution in [2.75, 3.05) is 13.2 Å². The molecular weight excluding hydrogens is 198 g/mol.